The number of anilines is 3. The van der Waals surface area contributed by atoms with Crippen LogP contribution >= 0.6 is 23.2 Å². The summed E-state index contributed by atoms with van der Waals surface area (Å²) in [4.78, 5) is 0. The lowest BCUT2D eigenvalue weighted by Gasteiger charge is -2.12. The van der Waals surface area contributed by atoms with Gasteiger partial charge in [-0.1, -0.05) is 23.2 Å². The van der Waals surface area contributed by atoms with Crippen LogP contribution < -0.4 is 11.1 Å². The van der Waals surface area contributed by atoms with Crippen LogP contribution in [0.2, 0.25) is 10.0 Å². The average molecular weight is 292 g/mol. The van der Waals surface area contributed by atoms with E-state index < -0.39 is 0 Å². The van der Waals surface area contributed by atoms with E-state index in [9.17, 15) is 0 Å². The Balaban J connectivity index is 2.37. The summed E-state index contributed by atoms with van der Waals surface area (Å²) in [5, 5.41) is 13.1. The Morgan fingerprint density at radius 3 is 2.47 bits per heavy atom. The topological polar surface area (TPSA) is 61.8 Å². The van der Waals surface area contributed by atoms with Gasteiger partial charge >= 0.3 is 0 Å². The molecular formula is C14H11Cl2N3. The summed E-state index contributed by atoms with van der Waals surface area (Å²) in [6.07, 6.45) is 0. The molecule has 0 aliphatic rings. The van der Waals surface area contributed by atoms with Gasteiger partial charge in [-0.15, -0.1) is 0 Å². The molecule has 0 saturated carbocycles. The molecule has 2 aromatic rings. The van der Waals surface area contributed by atoms with Crippen molar-refractivity contribution in [2.45, 2.75) is 6.92 Å². The van der Waals surface area contributed by atoms with Crippen molar-refractivity contribution in [1.82, 2.24) is 0 Å². The summed E-state index contributed by atoms with van der Waals surface area (Å²) in [6, 6.07) is 10.6. The van der Waals surface area contributed by atoms with E-state index in [4.69, 9.17) is 34.2 Å². The number of halogens is 2. The third-order valence-electron chi connectivity index (χ3n) is 2.70. The van der Waals surface area contributed by atoms with Gasteiger partial charge in [0.05, 0.1) is 33.7 Å². The molecule has 2 aromatic carbocycles. The fourth-order valence-corrected chi connectivity index (χ4v) is 2.06. The number of hydrogen-bond donors (Lipinski definition) is 2. The first-order chi connectivity index (χ1) is 9.01. The summed E-state index contributed by atoms with van der Waals surface area (Å²) in [7, 11) is 0. The summed E-state index contributed by atoms with van der Waals surface area (Å²) in [5.74, 6) is 0. The number of nitrogens with one attached hydrogen (secondary N) is 1. The van der Waals surface area contributed by atoms with E-state index >= 15 is 0 Å². The number of aryl methyl sites for hydroxylation is 1. The summed E-state index contributed by atoms with van der Waals surface area (Å²) in [6.45, 7) is 1.88. The first kappa shape index (κ1) is 13.5. The maximum Gasteiger partial charge on any atom is 0.0992 e. The van der Waals surface area contributed by atoms with Gasteiger partial charge in [-0.05, 0) is 42.8 Å². The van der Waals surface area contributed by atoms with Gasteiger partial charge in [0.25, 0.3) is 0 Å². The first-order valence-electron chi connectivity index (χ1n) is 5.53. The van der Waals surface area contributed by atoms with Crippen molar-refractivity contribution < 1.29 is 0 Å². The van der Waals surface area contributed by atoms with Crippen molar-refractivity contribution in [3.05, 3.63) is 51.5 Å². The van der Waals surface area contributed by atoms with Crippen molar-refractivity contribution in [3.63, 3.8) is 0 Å². The van der Waals surface area contributed by atoms with Crippen molar-refractivity contribution in [2.24, 2.45) is 0 Å². The predicted molar refractivity (Wildman–Crippen MR) is 80.1 cm³/mol. The highest BCUT2D eigenvalue weighted by Gasteiger charge is 2.07. The average Bonchev–Trinajstić information content (AvgIpc) is 2.38. The van der Waals surface area contributed by atoms with Gasteiger partial charge in [-0.25, -0.2) is 0 Å². The lowest BCUT2D eigenvalue weighted by atomic mass is 10.1. The van der Waals surface area contributed by atoms with E-state index in [-0.39, 0.29) is 0 Å². The highest BCUT2D eigenvalue weighted by molar-refractivity contribution is 6.35. The number of nitrogens with zero attached hydrogens (tertiary/aromatic N) is 1. The molecule has 0 radical (unpaired) electrons. The highest BCUT2D eigenvalue weighted by Crippen LogP contribution is 2.32. The van der Waals surface area contributed by atoms with Gasteiger partial charge in [0.15, 0.2) is 0 Å². The zero-order chi connectivity index (χ0) is 14.0. The number of hydrogen-bond acceptors (Lipinski definition) is 3. The quantitative estimate of drug-likeness (QED) is 0.801. The van der Waals surface area contributed by atoms with Gasteiger partial charge in [0, 0.05) is 5.02 Å². The molecule has 0 bridgehead atoms. The van der Waals surface area contributed by atoms with E-state index in [1.54, 1.807) is 30.3 Å². The van der Waals surface area contributed by atoms with E-state index in [0.717, 1.165) is 5.56 Å². The van der Waals surface area contributed by atoms with Crippen LogP contribution in [0, 0.1) is 18.3 Å². The number of benzene rings is 2. The minimum Gasteiger partial charge on any atom is -0.397 e. The van der Waals surface area contributed by atoms with Gasteiger partial charge in [0.1, 0.15) is 0 Å². The molecule has 0 aliphatic heterocycles. The van der Waals surface area contributed by atoms with Crippen molar-refractivity contribution >= 4 is 40.3 Å². The van der Waals surface area contributed by atoms with Crippen LogP contribution in [0.25, 0.3) is 0 Å². The molecule has 19 heavy (non-hydrogen) atoms. The number of nitrogens with two attached hydrogens (primary N) is 1. The minimum absolute atomic E-state index is 0.479. The second-order valence-corrected chi connectivity index (χ2v) is 4.93. The zero-order valence-electron chi connectivity index (χ0n) is 10.2. The summed E-state index contributed by atoms with van der Waals surface area (Å²) >= 11 is 12.2. The van der Waals surface area contributed by atoms with Gasteiger partial charge < -0.3 is 11.1 Å². The largest absolute Gasteiger partial charge is 0.397 e. The molecular weight excluding hydrogens is 281 g/mol. The van der Waals surface area contributed by atoms with Gasteiger partial charge in [-0.3, -0.25) is 0 Å². The Bertz CT molecular complexity index is 675. The molecule has 2 rings (SSSR count). The second kappa shape index (κ2) is 5.40. The molecule has 3 nitrogen and oxygen atoms in total. The molecule has 0 amide bonds. The van der Waals surface area contributed by atoms with Crippen LogP contribution in [0.4, 0.5) is 17.1 Å². The Labute approximate surface area is 121 Å². The van der Waals surface area contributed by atoms with Crippen LogP contribution in [0.1, 0.15) is 11.1 Å². The lowest BCUT2D eigenvalue weighted by molar-refractivity contribution is 1.44. The van der Waals surface area contributed by atoms with Crippen LogP contribution in [-0.4, -0.2) is 0 Å². The Kier molecular flexibility index (Phi) is 3.84. The molecule has 0 aliphatic carbocycles. The summed E-state index contributed by atoms with van der Waals surface area (Å²) < 4.78 is 0. The molecule has 5 heteroatoms. The lowest BCUT2D eigenvalue weighted by Crippen LogP contribution is -1.98. The number of nitriles is 1. The molecule has 0 fully saturated rings. The third kappa shape index (κ3) is 2.93. The zero-order valence-corrected chi connectivity index (χ0v) is 11.7. The molecule has 0 saturated heterocycles. The maximum absolute atomic E-state index is 8.79. The molecule has 0 spiro atoms. The number of nitrogen functional groups attached to an aromatic ring is 1. The molecule has 3 N–H and O–H groups in total. The SMILES string of the molecule is Cc1cc(Cl)c(Nc2ccc(C#N)cc2N)cc1Cl. The molecule has 0 heterocycles. The van der Waals surface area contributed by atoms with Crippen LogP contribution in [0.3, 0.4) is 0 Å². The summed E-state index contributed by atoms with van der Waals surface area (Å²) in [5.41, 5.74) is 9.13. The smallest absolute Gasteiger partial charge is 0.0992 e. The Morgan fingerprint density at radius 1 is 1.11 bits per heavy atom. The normalized spacial score (nSPS) is 10.0. The molecule has 0 aromatic heterocycles. The molecule has 0 unspecified atom stereocenters. The first-order valence-corrected chi connectivity index (χ1v) is 6.29. The Morgan fingerprint density at radius 2 is 1.84 bits per heavy atom. The molecule has 0 atom stereocenters. The van der Waals surface area contributed by atoms with Crippen molar-refractivity contribution in [3.8, 4) is 6.07 Å². The maximum atomic E-state index is 8.79. The van der Waals surface area contributed by atoms with E-state index in [1.807, 2.05) is 13.0 Å². The van der Waals surface area contributed by atoms with E-state index in [2.05, 4.69) is 5.32 Å². The molecule has 96 valence electrons. The minimum atomic E-state index is 0.479. The van der Waals surface area contributed by atoms with Crippen LogP contribution in [0.15, 0.2) is 30.3 Å². The standard InChI is InChI=1S/C14H11Cl2N3/c1-8-4-11(16)14(6-10(8)15)19-13-3-2-9(7-17)5-12(13)18/h2-6,19H,18H2,1H3. The van der Waals surface area contributed by atoms with E-state index in [0.29, 0.717) is 32.7 Å². The fraction of sp³-hybridized carbons (Fsp3) is 0.0714. The van der Waals surface area contributed by atoms with E-state index in [1.165, 1.54) is 0 Å². The Hall–Kier alpha value is -1.89. The van der Waals surface area contributed by atoms with Crippen LogP contribution in [0.5, 0.6) is 0 Å². The van der Waals surface area contributed by atoms with Gasteiger partial charge in [-0.2, -0.15) is 5.26 Å². The van der Waals surface area contributed by atoms with Crippen LogP contribution in [-0.2, 0) is 0 Å². The predicted octanol–water partition coefficient (Wildman–Crippen LogP) is 4.50. The van der Waals surface area contributed by atoms with Gasteiger partial charge in [0.2, 0.25) is 0 Å². The fourth-order valence-electron chi connectivity index (χ4n) is 1.63. The monoisotopic (exact) mass is 291 g/mol. The van der Waals surface area contributed by atoms with Crippen molar-refractivity contribution in [1.29, 1.82) is 5.26 Å². The highest BCUT2D eigenvalue weighted by atomic mass is 35.5. The second-order valence-electron chi connectivity index (χ2n) is 4.12. The number of rotatable bonds is 2. The third-order valence-corrected chi connectivity index (χ3v) is 3.42. The van der Waals surface area contributed by atoms with Crippen molar-refractivity contribution in [2.75, 3.05) is 11.1 Å².